The summed E-state index contributed by atoms with van der Waals surface area (Å²) in [5.41, 5.74) is 1.72. The first kappa shape index (κ1) is 18.5. The fraction of sp³-hybridized carbons (Fsp3) is 0.263. The van der Waals surface area contributed by atoms with Crippen LogP contribution in [0.1, 0.15) is 40.7 Å². The zero-order chi connectivity index (χ0) is 19.2. The molecule has 0 aliphatic carbocycles. The largest absolute Gasteiger partial charge is 0.496 e. The molecule has 8 heteroatoms. The van der Waals surface area contributed by atoms with Gasteiger partial charge in [-0.05, 0) is 24.6 Å². The molecule has 140 valence electrons. The van der Waals surface area contributed by atoms with Gasteiger partial charge in [0.1, 0.15) is 11.9 Å². The van der Waals surface area contributed by atoms with Crippen LogP contribution in [0.3, 0.4) is 0 Å². The molecule has 1 aromatic carbocycles. The molecular weight excluding hydrogens is 346 g/mol. The van der Waals surface area contributed by atoms with Crippen molar-refractivity contribution in [2.45, 2.75) is 25.6 Å². The van der Waals surface area contributed by atoms with Gasteiger partial charge in [0.05, 0.1) is 25.9 Å². The van der Waals surface area contributed by atoms with Crippen LogP contribution in [0.5, 0.6) is 5.75 Å². The maximum absolute atomic E-state index is 12.4. The van der Waals surface area contributed by atoms with E-state index in [-0.39, 0.29) is 24.2 Å². The van der Waals surface area contributed by atoms with E-state index in [0.717, 1.165) is 5.56 Å². The number of pyridine rings is 1. The minimum Gasteiger partial charge on any atom is -0.496 e. The molecule has 0 fully saturated rings. The van der Waals surface area contributed by atoms with E-state index < -0.39 is 6.10 Å². The van der Waals surface area contributed by atoms with Gasteiger partial charge in [0.2, 0.25) is 0 Å². The highest BCUT2D eigenvalue weighted by Gasteiger charge is 2.18. The highest BCUT2D eigenvalue weighted by Crippen LogP contribution is 2.25. The number of aromatic nitrogens is 4. The Hall–Kier alpha value is -3.26. The monoisotopic (exact) mass is 367 g/mol. The van der Waals surface area contributed by atoms with Crippen molar-refractivity contribution in [3.63, 3.8) is 0 Å². The molecule has 2 aromatic heterocycles. The van der Waals surface area contributed by atoms with Crippen LogP contribution in [0.4, 0.5) is 0 Å². The van der Waals surface area contributed by atoms with Gasteiger partial charge in [-0.1, -0.05) is 29.5 Å². The number of hydrogen-bond donors (Lipinski definition) is 2. The van der Waals surface area contributed by atoms with Crippen molar-refractivity contribution < 1.29 is 14.6 Å². The summed E-state index contributed by atoms with van der Waals surface area (Å²) in [5.74, 6) is 0.248. The molecule has 3 aromatic rings. The molecule has 8 nitrogen and oxygen atoms in total. The molecule has 1 amide bonds. The third kappa shape index (κ3) is 4.48. The predicted octanol–water partition coefficient (Wildman–Crippen LogP) is 1.91. The zero-order valence-corrected chi connectivity index (χ0v) is 15.1. The van der Waals surface area contributed by atoms with Crippen molar-refractivity contribution in [3.8, 4) is 5.75 Å². The average molecular weight is 367 g/mol. The van der Waals surface area contributed by atoms with Crippen LogP contribution in [-0.2, 0) is 6.54 Å². The van der Waals surface area contributed by atoms with E-state index in [1.165, 1.54) is 10.9 Å². The first-order chi connectivity index (χ1) is 13.1. The number of nitrogens with one attached hydrogen (secondary N) is 1. The first-order valence-electron chi connectivity index (χ1n) is 8.50. The van der Waals surface area contributed by atoms with Crippen LogP contribution < -0.4 is 10.1 Å². The minimum atomic E-state index is -0.840. The van der Waals surface area contributed by atoms with Crippen LogP contribution in [-0.4, -0.2) is 38.1 Å². The Morgan fingerprint density at radius 3 is 2.85 bits per heavy atom. The summed E-state index contributed by atoms with van der Waals surface area (Å²) >= 11 is 0. The zero-order valence-electron chi connectivity index (χ0n) is 15.1. The van der Waals surface area contributed by atoms with Gasteiger partial charge >= 0.3 is 0 Å². The van der Waals surface area contributed by atoms with Crippen LogP contribution in [0.25, 0.3) is 0 Å². The third-order valence-electron chi connectivity index (χ3n) is 4.16. The normalized spacial score (nSPS) is 13.0. The van der Waals surface area contributed by atoms with Crippen molar-refractivity contribution >= 4 is 5.91 Å². The number of aliphatic hydroxyl groups excluding tert-OH is 1. The van der Waals surface area contributed by atoms with Gasteiger partial charge in [0.25, 0.3) is 5.91 Å². The Morgan fingerprint density at radius 2 is 2.11 bits per heavy atom. The van der Waals surface area contributed by atoms with Gasteiger partial charge in [-0.25, -0.2) is 4.68 Å². The standard InChI is InChI=1S/C19H21N5O3/c1-13(14-6-5-9-20-10-14)21-19(26)16-11-24(23-22-16)12-17(25)15-7-3-4-8-18(15)27-2/h3-11,13,17,25H,12H2,1-2H3,(H,21,26). The smallest absolute Gasteiger partial charge is 0.273 e. The lowest BCUT2D eigenvalue weighted by atomic mass is 10.1. The van der Waals surface area contributed by atoms with E-state index >= 15 is 0 Å². The number of aliphatic hydroxyl groups is 1. The summed E-state index contributed by atoms with van der Waals surface area (Å²) < 4.78 is 6.69. The Labute approximate surface area is 156 Å². The number of methoxy groups -OCH3 is 1. The fourth-order valence-corrected chi connectivity index (χ4v) is 2.69. The average Bonchev–Trinajstić information content (AvgIpc) is 3.17. The number of para-hydroxylation sites is 1. The third-order valence-corrected chi connectivity index (χ3v) is 4.16. The van der Waals surface area contributed by atoms with Crippen molar-refractivity contribution in [1.29, 1.82) is 0 Å². The number of rotatable bonds is 7. The molecule has 0 radical (unpaired) electrons. The molecular formula is C19H21N5O3. The number of carbonyl (C=O) groups excluding carboxylic acids is 1. The maximum atomic E-state index is 12.4. The van der Waals surface area contributed by atoms with Crippen molar-refractivity contribution in [3.05, 3.63) is 71.8 Å². The predicted molar refractivity (Wildman–Crippen MR) is 98.1 cm³/mol. The van der Waals surface area contributed by atoms with Crippen LogP contribution in [0, 0.1) is 0 Å². The second-order valence-electron chi connectivity index (χ2n) is 6.07. The summed E-state index contributed by atoms with van der Waals surface area (Å²) in [5, 5.41) is 21.1. The van der Waals surface area contributed by atoms with Gasteiger partial charge < -0.3 is 15.2 Å². The molecule has 0 spiro atoms. The molecule has 2 heterocycles. The van der Waals surface area contributed by atoms with Crippen molar-refractivity contribution in [1.82, 2.24) is 25.3 Å². The maximum Gasteiger partial charge on any atom is 0.273 e. The van der Waals surface area contributed by atoms with Gasteiger partial charge in [-0.3, -0.25) is 9.78 Å². The van der Waals surface area contributed by atoms with E-state index in [1.54, 1.807) is 31.6 Å². The fourth-order valence-electron chi connectivity index (χ4n) is 2.69. The summed E-state index contributed by atoms with van der Waals surface area (Å²) in [6.07, 6.45) is 4.04. The van der Waals surface area contributed by atoms with E-state index in [9.17, 15) is 9.90 Å². The molecule has 27 heavy (non-hydrogen) atoms. The van der Waals surface area contributed by atoms with E-state index in [1.807, 2.05) is 31.2 Å². The first-order valence-corrected chi connectivity index (χ1v) is 8.50. The van der Waals surface area contributed by atoms with Gasteiger partial charge in [-0.2, -0.15) is 0 Å². The lowest BCUT2D eigenvalue weighted by Gasteiger charge is -2.14. The Kier molecular flexibility index (Phi) is 5.77. The van der Waals surface area contributed by atoms with Crippen LogP contribution >= 0.6 is 0 Å². The number of carbonyl (C=O) groups is 1. The molecule has 3 rings (SSSR count). The number of benzene rings is 1. The van der Waals surface area contributed by atoms with E-state index in [2.05, 4.69) is 20.6 Å². The van der Waals surface area contributed by atoms with Crippen LogP contribution in [0.2, 0.25) is 0 Å². The lowest BCUT2D eigenvalue weighted by Crippen LogP contribution is -2.27. The molecule has 2 N–H and O–H groups in total. The summed E-state index contributed by atoms with van der Waals surface area (Å²) in [7, 11) is 1.55. The van der Waals surface area contributed by atoms with E-state index in [4.69, 9.17) is 4.74 Å². The summed E-state index contributed by atoms with van der Waals surface area (Å²) in [4.78, 5) is 16.4. The van der Waals surface area contributed by atoms with E-state index in [0.29, 0.717) is 11.3 Å². The number of nitrogens with zero attached hydrogens (tertiary/aromatic N) is 4. The molecule has 0 saturated carbocycles. The number of amides is 1. The molecule has 2 atom stereocenters. The van der Waals surface area contributed by atoms with Gasteiger partial charge in [0, 0.05) is 18.0 Å². The highest BCUT2D eigenvalue weighted by molar-refractivity contribution is 5.92. The van der Waals surface area contributed by atoms with Crippen LogP contribution in [0.15, 0.2) is 55.0 Å². The highest BCUT2D eigenvalue weighted by atomic mass is 16.5. The molecule has 0 aliphatic heterocycles. The summed E-state index contributed by atoms with van der Waals surface area (Å²) in [6.45, 7) is 2.02. The second-order valence-corrected chi connectivity index (χ2v) is 6.07. The Morgan fingerprint density at radius 1 is 1.30 bits per heavy atom. The molecule has 0 aliphatic rings. The summed E-state index contributed by atoms with van der Waals surface area (Å²) in [6, 6.07) is 10.7. The molecule has 2 unspecified atom stereocenters. The topological polar surface area (TPSA) is 102 Å². The quantitative estimate of drug-likeness (QED) is 0.661. The lowest BCUT2D eigenvalue weighted by molar-refractivity contribution is 0.0934. The molecule has 0 bridgehead atoms. The van der Waals surface area contributed by atoms with Gasteiger partial charge in [-0.15, -0.1) is 5.10 Å². The van der Waals surface area contributed by atoms with Gasteiger partial charge in [0.15, 0.2) is 5.69 Å². The Bertz CT molecular complexity index is 897. The minimum absolute atomic E-state index is 0.152. The number of ether oxygens (including phenoxy) is 1. The van der Waals surface area contributed by atoms with Crippen molar-refractivity contribution in [2.75, 3.05) is 7.11 Å². The SMILES string of the molecule is COc1ccccc1C(O)Cn1cc(C(=O)NC(C)c2cccnc2)nn1. The second kappa shape index (κ2) is 8.41. The van der Waals surface area contributed by atoms with Crippen molar-refractivity contribution in [2.24, 2.45) is 0 Å². The Balaban J connectivity index is 1.65. The number of hydrogen-bond acceptors (Lipinski definition) is 6. The molecule has 0 saturated heterocycles.